The van der Waals surface area contributed by atoms with E-state index >= 15 is 0 Å². The standard InChI is InChI=1S/C18H16N2O3/c1-11(12-7-3-2-4-8-12)19-18(23)16(21)15-13-9-5-6-10-14(13)20-17(15)22/h2-11,15H,1H3,(H,19,23)(H,20,22). The monoisotopic (exact) mass is 308 g/mol. The summed E-state index contributed by atoms with van der Waals surface area (Å²) in [5.41, 5.74) is 2.02. The molecule has 2 unspecified atom stereocenters. The minimum Gasteiger partial charge on any atom is -0.343 e. The van der Waals surface area contributed by atoms with Gasteiger partial charge < -0.3 is 10.6 Å². The summed E-state index contributed by atoms with van der Waals surface area (Å²) < 4.78 is 0. The third-order valence-electron chi connectivity index (χ3n) is 3.93. The molecule has 0 saturated heterocycles. The highest BCUT2D eigenvalue weighted by Crippen LogP contribution is 2.32. The number of hydrogen-bond donors (Lipinski definition) is 2. The van der Waals surface area contributed by atoms with Crippen molar-refractivity contribution in [2.45, 2.75) is 18.9 Å². The molecule has 0 aliphatic carbocycles. The lowest BCUT2D eigenvalue weighted by molar-refractivity contribution is -0.141. The largest absolute Gasteiger partial charge is 0.343 e. The van der Waals surface area contributed by atoms with Gasteiger partial charge in [-0.05, 0) is 24.1 Å². The third-order valence-corrected chi connectivity index (χ3v) is 3.93. The van der Waals surface area contributed by atoms with Gasteiger partial charge in [0.05, 0.1) is 6.04 Å². The Morgan fingerprint density at radius 1 is 1.04 bits per heavy atom. The predicted molar refractivity (Wildman–Crippen MR) is 85.8 cm³/mol. The molecule has 23 heavy (non-hydrogen) atoms. The molecule has 116 valence electrons. The Bertz CT molecular complexity index is 771. The van der Waals surface area contributed by atoms with Crippen LogP contribution in [-0.2, 0) is 14.4 Å². The van der Waals surface area contributed by atoms with Crippen LogP contribution in [0.4, 0.5) is 5.69 Å². The van der Waals surface area contributed by atoms with Crippen molar-refractivity contribution in [3.63, 3.8) is 0 Å². The molecular weight excluding hydrogens is 292 g/mol. The van der Waals surface area contributed by atoms with Crippen molar-refractivity contribution in [1.29, 1.82) is 0 Å². The van der Waals surface area contributed by atoms with Crippen LogP contribution in [-0.4, -0.2) is 17.6 Å². The van der Waals surface area contributed by atoms with E-state index in [0.717, 1.165) is 5.56 Å². The first-order valence-electron chi connectivity index (χ1n) is 7.37. The van der Waals surface area contributed by atoms with Crippen molar-refractivity contribution < 1.29 is 14.4 Å². The van der Waals surface area contributed by atoms with Crippen LogP contribution in [0, 0.1) is 0 Å². The summed E-state index contributed by atoms with van der Waals surface area (Å²) in [6, 6.07) is 15.9. The zero-order chi connectivity index (χ0) is 16.4. The Balaban J connectivity index is 1.76. The van der Waals surface area contributed by atoms with Crippen molar-refractivity contribution in [3.8, 4) is 0 Å². The molecule has 0 radical (unpaired) electrons. The maximum absolute atomic E-state index is 12.4. The molecule has 2 aromatic rings. The number of carbonyl (C=O) groups excluding carboxylic acids is 3. The number of fused-ring (bicyclic) bond motifs is 1. The fourth-order valence-corrected chi connectivity index (χ4v) is 2.69. The highest BCUT2D eigenvalue weighted by molar-refractivity contribution is 6.44. The minimum absolute atomic E-state index is 0.313. The van der Waals surface area contributed by atoms with E-state index in [2.05, 4.69) is 10.6 Å². The first-order valence-corrected chi connectivity index (χ1v) is 7.37. The SMILES string of the molecule is CC(NC(=O)C(=O)C1C(=O)Nc2ccccc21)c1ccccc1. The number of para-hydroxylation sites is 1. The lowest BCUT2D eigenvalue weighted by Gasteiger charge is -2.15. The topological polar surface area (TPSA) is 75.3 Å². The molecule has 2 N–H and O–H groups in total. The second-order valence-electron chi connectivity index (χ2n) is 5.48. The number of Topliss-reactive ketones (excluding diaryl/α,β-unsaturated/α-hetero) is 1. The van der Waals surface area contributed by atoms with Crippen molar-refractivity contribution >= 4 is 23.3 Å². The molecular formula is C18H16N2O3. The first-order chi connectivity index (χ1) is 11.1. The van der Waals surface area contributed by atoms with Gasteiger partial charge in [-0.3, -0.25) is 14.4 Å². The molecule has 5 heteroatoms. The smallest absolute Gasteiger partial charge is 0.289 e. The normalized spacial score (nSPS) is 17.1. The number of nitrogens with one attached hydrogen (secondary N) is 2. The highest BCUT2D eigenvalue weighted by atomic mass is 16.2. The van der Waals surface area contributed by atoms with Crippen molar-refractivity contribution in [1.82, 2.24) is 5.32 Å². The lowest BCUT2D eigenvalue weighted by atomic mass is 9.95. The van der Waals surface area contributed by atoms with Gasteiger partial charge in [0.1, 0.15) is 5.92 Å². The van der Waals surface area contributed by atoms with Crippen LogP contribution in [0.2, 0.25) is 0 Å². The Kier molecular flexibility index (Phi) is 3.93. The van der Waals surface area contributed by atoms with Crippen LogP contribution in [0.5, 0.6) is 0 Å². The summed E-state index contributed by atoms with van der Waals surface area (Å²) in [7, 11) is 0. The molecule has 2 aromatic carbocycles. The van der Waals surface area contributed by atoms with Gasteiger partial charge in [-0.1, -0.05) is 48.5 Å². The van der Waals surface area contributed by atoms with Gasteiger partial charge in [0.25, 0.3) is 5.91 Å². The molecule has 0 bridgehead atoms. The van der Waals surface area contributed by atoms with E-state index in [0.29, 0.717) is 11.3 Å². The highest BCUT2D eigenvalue weighted by Gasteiger charge is 2.39. The number of anilines is 1. The average Bonchev–Trinajstić information content (AvgIpc) is 2.90. The van der Waals surface area contributed by atoms with E-state index in [4.69, 9.17) is 0 Å². The molecule has 5 nitrogen and oxygen atoms in total. The van der Waals surface area contributed by atoms with E-state index in [9.17, 15) is 14.4 Å². The van der Waals surface area contributed by atoms with Gasteiger partial charge >= 0.3 is 0 Å². The van der Waals surface area contributed by atoms with Crippen LogP contribution >= 0.6 is 0 Å². The fourth-order valence-electron chi connectivity index (χ4n) is 2.69. The molecule has 2 amide bonds. The van der Waals surface area contributed by atoms with E-state index in [1.807, 2.05) is 30.3 Å². The molecule has 0 spiro atoms. The second kappa shape index (κ2) is 6.04. The summed E-state index contributed by atoms with van der Waals surface area (Å²) in [6.07, 6.45) is 0. The molecule has 0 fully saturated rings. The molecule has 0 aromatic heterocycles. The number of benzene rings is 2. The Morgan fingerprint density at radius 2 is 1.70 bits per heavy atom. The van der Waals surface area contributed by atoms with E-state index in [1.165, 1.54) is 0 Å². The van der Waals surface area contributed by atoms with Gasteiger partial charge in [-0.2, -0.15) is 0 Å². The van der Waals surface area contributed by atoms with Crippen LogP contribution in [0.1, 0.15) is 30.0 Å². The van der Waals surface area contributed by atoms with E-state index in [1.54, 1.807) is 31.2 Å². The summed E-state index contributed by atoms with van der Waals surface area (Å²) >= 11 is 0. The summed E-state index contributed by atoms with van der Waals surface area (Å²) in [5.74, 6) is -3.03. The minimum atomic E-state index is -1.07. The number of ketones is 1. The van der Waals surface area contributed by atoms with Crippen LogP contribution in [0.3, 0.4) is 0 Å². The van der Waals surface area contributed by atoms with Gasteiger partial charge in [0, 0.05) is 5.69 Å². The third kappa shape index (κ3) is 2.85. The molecule has 1 heterocycles. The Labute approximate surface area is 133 Å². The van der Waals surface area contributed by atoms with Gasteiger partial charge in [-0.25, -0.2) is 0 Å². The number of rotatable bonds is 4. The van der Waals surface area contributed by atoms with E-state index in [-0.39, 0.29) is 6.04 Å². The summed E-state index contributed by atoms with van der Waals surface area (Å²) in [4.78, 5) is 36.7. The average molecular weight is 308 g/mol. The van der Waals surface area contributed by atoms with Crippen LogP contribution < -0.4 is 10.6 Å². The van der Waals surface area contributed by atoms with Crippen molar-refractivity contribution in [2.75, 3.05) is 5.32 Å². The molecule has 1 aliphatic heterocycles. The first kappa shape index (κ1) is 15.0. The van der Waals surface area contributed by atoms with Gasteiger partial charge in [0.15, 0.2) is 0 Å². The van der Waals surface area contributed by atoms with E-state index < -0.39 is 23.5 Å². The Hall–Kier alpha value is -2.95. The van der Waals surface area contributed by atoms with Crippen molar-refractivity contribution in [2.24, 2.45) is 0 Å². The van der Waals surface area contributed by atoms with Crippen LogP contribution in [0.15, 0.2) is 54.6 Å². The van der Waals surface area contributed by atoms with Crippen LogP contribution in [0.25, 0.3) is 0 Å². The lowest BCUT2D eigenvalue weighted by Crippen LogP contribution is -2.38. The summed E-state index contributed by atoms with van der Waals surface area (Å²) in [5, 5.41) is 5.28. The molecule has 1 aliphatic rings. The molecule has 0 saturated carbocycles. The fraction of sp³-hybridized carbons (Fsp3) is 0.167. The molecule has 2 atom stereocenters. The van der Waals surface area contributed by atoms with Gasteiger partial charge in [-0.15, -0.1) is 0 Å². The quantitative estimate of drug-likeness (QED) is 0.671. The zero-order valence-electron chi connectivity index (χ0n) is 12.6. The maximum atomic E-state index is 12.4. The number of hydrogen-bond acceptors (Lipinski definition) is 3. The van der Waals surface area contributed by atoms with Crippen molar-refractivity contribution in [3.05, 3.63) is 65.7 Å². The van der Waals surface area contributed by atoms with Gasteiger partial charge in [0.2, 0.25) is 11.7 Å². The number of amides is 2. The second-order valence-corrected chi connectivity index (χ2v) is 5.48. The maximum Gasteiger partial charge on any atom is 0.289 e. The summed E-state index contributed by atoms with van der Waals surface area (Å²) in [6.45, 7) is 1.79. The Morgan fingerprint density at radius 3 is 2.43 bits per heavy atom. The number of carbonyl (C=O) groups is 3. The predicted octanol–water partition coefficient (Wildman–Crippen LogP) is 2.17. The zero-order valence-corrected chi connectivity index (χ0v) is 12.6. The molecule has 3 rings (SSSR count).